The molecule has 0 aliphatic rings. The normalized spacial score (nSPS) is 10.6. The van der Waals surface area contributed by atoms with Crippen molar-refractivity contribution in [3.8, 4) is 0 Å². The van der Waals surface area contributed by atoms with E-state index in [9.17, 15) is 4.79 Å². The number of carbonyl (C=O) groups excluding carboxylic acids is 1. The van der Waals surface area contributed by atoms with E-state index in [0.717, 1.165) is 17.4 Å². The van der Waals surface area contributed by atoms with Gasteiger partial charge in [0.25, 0.3) is 0 Å². The van der Waals surface area contributed by atoms with Crippen LogP contribution in [0.4, 0.5) is 0 Å². The highest BCUT2D eigenvalue weighted by Gasteiger charge is 2.19. The molecule has 2 rings (SSSR count). The lowest BCUT2D eigenvalue weighted by Crippen LogP contribution is -2.12. The molecule has 0 aliphatic carbocycles. The first-order chi connectivity index (χ1) is 7.74. The number of hydrogen-bond donors (Lipinski definition) is 0. The second-order valence-electron chi connectivity index (χ2n) is 3.27. The summed E-state index contributed by atoms with van der Waals surface area (Å²) in [7, 11) is 0. The molecule has 16 heavy (non-hydrogen) atoms. The Bertz CT molecular complexity index is 492. The van der Waals surface area contributed by atoms with Crippen LogP contribution in [0.2, 0.25) is 0 Å². The van der Waals surface area contributed by atoms with Gasteiger partial charge in [-0.05, 0) is 22.4 Å². The van der Waals surface area contributed by atoms with E-state index in [2.05, 4.69) is 26.0 Å². The molecule has 4 nitrogen and oxygen atoms in total. The van der Waals surface area contributed by atoms with Crippen molar-refractivity contribution in [1.82, 2.24) is 14.8 Å². The van der Waals surface area contributed by atoms with Crippen molar-refractivity contribution in [2.75, 3.05) is 0 Å². The Hall–Kier alpha value is -1.01. The molecule has 0 saturated carbocycles. The number of aryl methyl sites for hydroxylation is 1. The fourth-order valence-electron chi connectivity index (χ4n) is 1.42. The van der Waals surface area contributed by atoms with Crippen LogP contribution in [0.3, 0.4) is 0 Å². The van der Waals surface area contributed by atoms with E-state index in [-0.39, 0.29) is 5.78 Å². The molecule has 0 aliphatic heterocycles. The summed E-state index contributed by atoms with van der Waals surface area (Å²) in [5.41, 5.74) is 2.71. The van der Waals surface area contributed by atoms with E-state index in [1.807, 2.05) is 6.92 Å². The molecule has 0 fully saturated rings. The summed E-state index contributed by atoms with van der Waals surface area (Å²) in [5, 5.41) is 5.91. The van der Waals surface area contributed by atoms with Crippen molar-refractivity contribution >= 4 is 33.0 Å². The van der Waals surface area contributed by atoms with Crippen LogP contribution in [-0.4, -0.2) is 20.5 Å². The standard InChI is InChI=1S/C10H10BrN3OS/c1-2-3-14-9(7(11)4-13-14)10(15)8-5-16-6-12-8/h4-6H,2-3H2,1H3. The Morgan fingerprint density at radius 3 is 3.06 bits per heavy atom. The minimum Gasteiger partial charge on any atom is -0.285 e. The minimum atomic E-state index is -0.0842. The lowest BCUT2D eigenvalue weighted by Gasteiger charge is -2.03. The van der Waals surface area contributed by atoms with Crippen LogP contribution in [0.25, 0.3) is 0 Å². The van der Waals surface area contributed by atoms with Crippen LogP contribution in [0.1, 0.15) is 29.5 Å². The molecule has 2 aromatic heterocycles. The Labute approximate surface area is 105 Å². The maximum Gasteiger partial charge on any atom is 0.231 e. The average Bonchev–Trinajstić information content (AvgIpc) is 2.88. The predicted molar refractivity (Wildman–Crippen MR) is 65.8 cm³/mol. The van der Waals surface area contributed by atoms with Crippen molar-refractivity contribution < 1.29 is 4.79 Å². The molecule has 0 unspecified atom stereocenters. The summed E-state index contributed by atoms with van der Waals surface area (Å²) in [5.74, 6) is -0.0842. The van der Waals surface area contributed by atoms with Gasteiger partial charge in [-0.15, -0.1) is 11.3 Å². The van der Waals surface area contributed by atoms with Crippen LogP contribution in [0, 0.1) is 0 Å². The van der Waals surface area contributed by atoms with E-state index in [4.69, 9.17) is 0 Å². The maximum atomic E-state index is 12.1. The van der Waals surface area contributed by atoms with Gasteiger partial charge in [0, 0.05) is 11.9 Å². The number of aromatic nitrogens is 3. The highest BCUT2D eigenvalue weighted by Crippen LogP contribution is 2.20. The Morgan fingerprint density at radius 2 is 2.44 bits per heavy atom. The Kier molecular flexibility index (Phi) is 3.50. The van der Waals surface area contributed by atoms with Crippen molar-refractivity contribution in [1.29, 1.82) is 0 Å². The maximum absolute atomic E-state index is 12.1. The first kappa shape index (κ1) is 11.5. The summed E-state index contributed by atoms with van der Waals surface area (Å²) in [4.78, 5) is 16.2. The third-order valence-electron chi connectivity index (χ3n) is 2.11. The van der Waals surface area contributed by atoms with Gasteiger partial charge in [-0.2, -0.15) is 5.10 Å². The molecule has 0 radical (unpaired) electrons. The van der Waals surface area contributed by atoms with E-state index in [1.54, 1.807) is 21.8 Å². The van der Waals surface area contributed by atoms with E-state index < -0.39 is 0 Å². The van der Waals surface area contributed by atoms with Crippen molar-refractivity contribution in [3.63, 3.8) is 0 Å². The smallest absolute Gasteiger partial charge is 0.231 e. The van der Waals surface area contributed by atoms with Crippen LogP contribution in [0.5, 0.6) is 0 Å². The van der Waals surface area contributed by atoms with Gasteiger partial charge in [-0.3, -0.25) is 9.48 Å². The van der Waals surface area contributed by atoms with Crippen LogP contribution >= 0.6 is 27.3 Å². The molecule has 2 heterocycles. The van der Waals surface area contributed by atoms with Gasteiger partial charge in [-0.25, -0.2) is 4.98 Å². The number of nitrogens with zero attached hydrogens (tertiary/aromatic N) is 3. The van der Waals surface area contributed by atoms with Crippen molar-refractivity contribution in [2.24, 2.45) is 0 Å². The fraction of sp³-hybridized carbons (Fsp3) is 0.300. The molecule has 0 N–H and O–H groups in total. The zero-order valence-electron chi connectivity index (χ0n) is 8.68. The molecule has 84 valence electrons. The molecule has 6 heteroatoms. The van der Waals surface area contributed by atoms with Crippen molar-refractivity contribution in [2.45, 2.75) is 19.9 Å². The van der Waals surface area contributed by atoms with Gasteiger partial charge in [0.15, 0.2) is 0 Å². The highest BCUT2D eigenvalue weighted by atomic mass is 79.9. The SMILES string of the molecule is CCCn1ncc(Br)c1C(=O)c1cscn1. The lowest BCUT2D eigenvalue weighted by atomic mass is 10.2. The summed E-state index contributed by atoms with van der Waals surface area (Å²) < 4.78 is 2.44. The first-order valence-corrected chi connectivity index (χ1v) is 6.61. The number of ketones is 1. The van der Waals surface area contributed by atoms with Crippen molar-refractivity contribution in [3.05, 3.63) is 32.9 Å². The lowest BCUT2D eigenvalue weighted by molar-refractivity contribution is 0.102. The van der Waals surface area contributed by atoms with Gasteiger partial charge >= 0.3 is 0 Å². The molecule has 0 aromatic carbocycles. The van der Waals surface area contributed by atoms with Gasteiger partial charge in [0.05, 0.1) is 16.2 Å². The predicted octanol–water partition coefficient (Wildman–Crippen LogP) is 2.74. The van der Waals surface area contributed by atoms with E-state index in [0.29, 0.717) is 11.4 Å². The summed E-state index contributed by atoms with van der Waals surface area (Å²) in [6.07, 6.45) is 2.58. The van der Waals surface area contributed by atoms with Gasteiger partial charge in [0.2, 0.25) is 5.78 Å². The molecule has 2 aromatic rings. The molecular weight excluding hydrogens is 290 g/mol. The second kappa shape index (κ2) is 4.88. The number of hydrogen-bond acceptors (Lipinski definition) is 4. The van der Waals surface area contributed by atoms with Gasteiger partial charge in [0.1, 0.15) is 11.4 Å². The molecular formula is C10H10BrN3OS. The average molecular weight is 300 g/mol. The number of carbonyl (C=O) groups is 1. The summed E-state index contributed by atoms with van der Waals surface area (Å²) in [6, 6.07) is 0. The number of rotatable bonds is 4. The monoisotopic (exact) mass is 299 g/mol. The Morgan fingerprint density at radius 1 is 1.62 bits per heavy atom. The Balaban J connectivity index is 2.39. The highest BCUT2D eigenvalue weighted by molar-refractivity contribution is 9.10. The fourth-order valence-corrected chi connectivity index (χ4v) is 2.42. The molecule has 0 atom stereocenters. The van der Waals surface area contributed by atoms with E-state index in [1.165, 1.54) is 11.3 Å². The molecule has 0 saturated heterocycles. The first-order valence-electron chi connectivity index (χ1n) is 4.88. The molecule has 0 spiro atoms. The third kappa shape index (κ3) is 2.08. The topological polar surface area (TPSA) is 47.8 Å². The van der Waals surface area contributed by atoms with Crippen LogP contribution < -0.4 is 0 Å². The summed E-state index contributed by atoms with van der Waals surface area (Å²) in [6.45, 7) is 2.78. The minimum absolute atomic E-state index is 0.0842. The number of halogens is 1. The van der Waals surface area contributed by atoms with Gasteiger partial charge in [-0.1, -0.05) is 6.92 Å². The van der Waals surface area contributed by atoms with Crippen LogP contribution in [-0.2, 0) is 6.54 Å². The summed E-state index contributed by atoms with van der Waals surface area (Å²) >= 11 is 4.76. The molecule has 0 amide bonds. The van der Waals surface area contributed by atoms with E-state index >= 15 is 0 Å². The number of thiazole rings is 1. The van der Waals surface area contributed by atoms with Gasteiger partial charge < -0.3 is 0 Å². The second-order valence-corrected chi connectivity index (χ2v) is 4.84. The third-order valence-corrected chi connectivity index (χ3v) is 3.28. The zero-order valence-corrected chi connectivity index (χ0v) is 11.1. The largest absolute Gasteiger partial charge is 0.285 e. The molecule has 0 bridgehead atoms. The zero-order chi connectivity index (χ0) is 11.5. The van der Waals surface area contributed by atoms with Crippen LogP contribution in [0.15, 0.2) is 21.6 Å². The quantitative estimate of drug-likeness (QED) is 0.816.